The van der Waals surface area contributed by atoms with Gasteiger partial charge in [-0.15, -0.1) is 0 Å². The van der Waals surface area contributed by atoms with Crippen LogP contribution in [0.1, 0.15) is 53.4 Å². The van der Waals surface area contributed by atoms with Crippen LogP contribution in [-0.4, -0.2) is 30.1 Å². The van der Waals surface area contributed by atoms with Crippen molar-refractivity contribution in [3.8, 4) is 0 Å². The summed E-state index contributed by atoms with van der Waals surface area (Å²) in [5.41, 5.74) is 2.50. The van der Waals surface area contributed by atoms with Crippen molar-refractivity contribution in [3.05, 3.63) is 23.8 Å². The van der Waals surface area contributed by atoms with Crippen LogP contribution in [0, 0.1) is 5.92 Å². The second kappa shape index (κ2) is 8.13. The molecule has 0 saturated heterocycles. The van der Waals surface area contributed by atoms with Gasteiger partial charge in [0.15, 0.2) is 0 Å². The molecule has 1 rings (SSSR count). The second-order valence-corrected chi connectivity index (χ2v) is 5.95. The first-order valence-corrected chi connectivity index (χ1v) is 7.87. The van der Waals surface area contributed by atoms with E-state index in [9.17, 15) is 4.79 Å². The maximum atomic E-state index is 12.4. The van der Waals surface area contributed by atoms with E-state index in [1.807, 2.05) is 4.90 Å². The summed E-state index contributed by atoms with van der Waals surface area (Å²) in [5.74, 6) is 0.495. The lowest BCUT2D eigenvalue weighted by Gasteiger charge is -2.32. The highest BCUT2D eigenvalue weighted by Crippen LogP contribution is 2.28. The number of hydrogen-bond donors (Lipinski definition) is 1. The van der Waals surface area contributed by atoms with Gasteiger partial charge in [0.2, 0.25) is 0 Å². The summed E-state index contributed by atoms with van der Waals surface area (Å²) in [5, 5.41) is 3.20. The van der Waals surface area contributed by atoms with E-state index in [2.05, 4.69) is 45.7 Å². The second-order valence-electron chi connectivity index (χ2n) is 5.95. The number of nitrogens with one attached hydrogen (secondary N) is 1. The van der Waals surface area contributed by atoms with E-state index in [1.165, 1.54) is 11.1 Å². The number of allylic oxidation sites excluding steroid dienone is 2. The molecule has 1 N–H and O–H groups in total. The molecule has 20 heavy (non-hydrogen) atoms. The minimum atomic E-state index is 0.0776. The number of nitrogens with zero attached hydrogens (tertiary/aromatic N) is 1. The molecule has 0 radical (unpaired) electrons. The molecule has 0 aromatic carbocycles. The molecule has 0 heterocycles. The van der Waals surface area contributed by atoms with Gasteiger partial charge in [-0.3, -0.25) is 0 Å². The van der Waals surface area contributed by atoms with Crippen LogP contribution in [0.25, 0.3) is 0 Å². The molecule has 3 nitrogen and oxygen atoms in total. The molecule has 0 aromatic heterocycles. The van der Waals surface area contributed by atoms with Crippen LogP contribution in [0.15, 0.2) is 23.8 Å². The number of amides is 2. The van der Waals surface area contributed by atoms with Crippen molar-refractivity contribution in [3.63, 3.8) is 0 Å². The molecule has 2 amide bonds. The highest BCUT2D eigenvalue weighted by molar-refractivity contribution is 5.75. The zero-order valence-electron chi connectivity index (χ0n) is 13.5. The summed E-state index contributed by atoms with van der Waals surface area (Å²) in [6.45, 7) is 14.1. The molecule has 2 atom stereocenters. The standard InChI is InChI=1S/C17H30N2O/c1-6-10-19(11-7-2)17(20)18-16-12-15(13(3)4)9-8-14(16)5/h8,15-16H,3,6-7,9-12H2,1-2,4-5H3,(H,18,20)/t15-,16-/m0/s1. The lowest BCUT2D eigenvalue weighted by Crippen LogP contribution is -2.47. The third-order valence-electron chi connectivity index (χ3n) is 4.06. The Bertz CT molecular complexity index is 367. The Hall–Kier alpha value is -1.25. The quantitative estimate of drug-likeness (QED) is 0.728. The third kappa shape index (κ3) is 4.69. The van der Waals surface area contributed by atoms with Gasteiger partial charge in [0.25, 0.3) is 0 Å². The Labute approximate surface area is 124 Å². The van der Waals surface area contributed by atoms with Crippen LogP contribution in [0.5, 0.6) is 0 Å². The first-order valence-electron chi connectivity index (χ1n) is 7.87. The van der Waals surface area contributed by atoms with E-state index in [4.69, 9.17) is 0 Å². The van der Waals surface area contributed by atoms with E-state index in [0.717, 1.165) is 38.8 Å². The molecule has 0 bridgehead atoms. The van der Waals surface area contributed by atoms with E-state index in [1.54, 1.807) is 0 Å². The van der Waals surface area contributed by atoms with Gasteiger partial charge >= 0.3 is 6.03 Å². The average Bonchev–Trinajstić information content (AvgIpc) is 2.40. The van der Waals surface area contributed by atoms with Crippen molar-refractivity contribution in [2.75, 3.05) is 13.1 Å². The van der Waals surface area contributed by atoms with Crippen molar-refractivity contribution in [2.45, 2.75) is 59.4 Å². The monoisotopic (exact) mass is 278 g/mol. The van der Waals surface area contributed by atoms with Gasteiger partial charge in [-0.2, -0.15) is 0 Å². The molecule has 1 aliphatic rings. The molecule has 114 valence electrons. The Balaban J connectivity index is 2.65. The van der Waals surface area contributed by atoms with Crippen LogP contribution in [0.4, 0.5) is 4.79 Å². The third-order valence-corrected chi connectivity index (χ3v) is 4.06. The van der Waals surface area contributed by atoms with Gasteiger partial charge < -0.3 is 10.2 Å². The Kier molecular flexibility index (Phi) is 6.83. The molecule has 0 saturated carbocycles. The summed E-state index contributed by atoms with van der Waals surface area (Å²) in [4.78, 5) is 14.3. The van der Waals surface area contributed by atoms with Crippen LogP contribution < -0.4 is 5.32 Å². The fourth-order valence-electron chi connectivity index (χ4n) is 2.71. The molecule has 0 spiro atoms. The highest BCUT2D eigenvalue weighted by atomic mass is 16.2. The molecular weight excluding hydrogens is 248 g/mol. The zero-order valence-corrected chi connectivity index (χ0v) is 13.5. The van der Waals surface area contributed by atoms with Crippen LogP contribution in [0.2, 0.25) is 0 Å². The molecule has 3 heteroatoms. The first-order chi connectivity index (χ1) is 9.49. The van der Waals surface area contributed by atoms with E-state index in [0.29, 0.717) is 5.92 Å². The molecular formula is C17H30N2O. The molecule has 1 aliphatic carbocycles. The number of carbonyl (C=O) groups is 1. The zero-order chi connectivity index (χ0) is 15.1. The van der Waals surface area contributed by atoms with Crippen molar-refractivity contribution in [1.29, 1.82) is 0 Å². The maximum Gasteiger partial charge on any atom is 0.317 e. The lowest BCUT2D eigenvalue weighted by atomic mass is 9.83. The van der Waals surface area contributed by atoms with E-state index < -0.39 is 0 Å². The fraction of sp³-hybridized carbons (Fsp3) is 0.706. The number of carbonyl (C=O) groups excluding carboxylic acids is 1. The minimum Gasteiger partial charge on any atom is -0.332 e. The summed E-state index contributed by atoms with van der Waals surface area (Å²) >= 11 is 0. The summed E-state index contributed by atoms with van der Waals surface area (Å²) in [7, 11) is 0. The Morgan fingerprint density at radius 3 is 2.50 bits per heavy atom. The van der Waals surface area contributed by atoms with Crippen molar-refractivity contribution < 1.29 is 4.79 Å². The number of rotatable bonds is 6. The van der Waals surface area contributed by atoms with Gasteiger partial charge in [0, 0.05) is 13.1 Å². The van der Waals surface area contributed by atoms with Gasteiger partial charge in [-0.1, -0.05) is 37.6 Å². The Morgan fingerprint density at radius 2 is 2.00 bits per heavy atom. The summed E-state index contributed by atoms with van der Waals surface area (Å²) in [6.07, 6.45) is 6.29. The molecule has 0 aliphatic heterocycles. The summed E-state index contributed by atoms with van der Waals surface area (Å²) in [6, 6.07) is 0.239. The van der Waals surface area contributed by atoms with Gasteiger partial charge in [0.05, 0.1) is 6.04 Å². The van der Waals surface area contributed by atoms with Gasteiger partial charge in [0.1, 0.15) is 0 Å². The number of urea groups is 1. The van der Waals surface area contributed by atoms with Gasteiger partial charge in [-0.05, 0) is 45.4 Å². The maximum absolute atomic E-state index is 12.4. The normalized spacial score (nSPS) is 22.1. The van der Waals surface area contributed by atoms with Crippen LogP contribution in [-0.2, 0) is 0 Å². The Morgan fingerprint density at radius 1 is 1.40 bits per heavy atom. The smallest absolute Gasteiger partial charge is 0.317 e. The van der Waals surface area contributed by atoms with E-state index >= 15 is 0 Å². The van der Waals surface area contributed by atoms with Crippen molar-refractivity contribution in [1.82, 2.24) is 10.2 Å². The summed E-state index contributed by atoms with van der Waals surface area (Å²) < 4.78 is 0. The molecule has 0 unspecified atom stereocenters. The van der Waals surface area contributed by atoms with Gasteiger partial charge in [-0.25, -0.2) is 4.79 Å². The van der Waals surface area contributed by atoms with Crippen LogP contribution >= 0.6 is 0 Å². The van der Waals surface area contributed by atoms with Crippen LogP contribution in [0.3, 0.4) is 0 Å². The largest absolute Gasteiger partial charge is 0.332 e. The minimum absolute atomic E-state index is 0.0776. The average molecular weight is 278 g/mol. The predicted molar refractivity (Wildman–Crippen MR) is 85.8 cm³/mol. The van der Waals surface area contributed by atoms with E-state index in [-0.39, 0.29) is 12.1 Å². The van der Waals surface area contributed by atoms with Crippen molar-refractivity contribution >= 4 is 6.03 Å². The molecule has 0 fully saturated rings. The molecule has 0 aromatic rings. The number of hydrogen-bond acceptors (Lipinski definition) is 1. The topological polar surface area (TPSA) is 32.3 Å². The SMILES string of the molecule is C=C(C)[C@H]1CC=C(C)[C@@H](NC(=O)N(CCC)CCC)C1. The van der Waals surface area contributed by atoms with Crippen molar-refractivity contribution in [2.24, 2.45) is 5.92 Å². The lowest BCUT2D eigenvalue weighted by molar-refractivity contribution is 0.193. The predicted octanol–water partition coefficient (Wildman–Crippen LogP) is 4.12. The fourth-order valence-corrected chi connectivity index (χ4v) is 2.71. The first kappa shape index (κ1) is 16.8. The highest BCUT2D eigenvalue weighted by Gasteiger charge is 2.25.